The number of nitrogens with zero attached hydrogens (tertiary/aromatic N) is 4. The van der Waals surface area contributed by atoms with Crippen molar-refractivity contribution < 1.29 is 0 Å². The Bertz CT molecular complexity index is 947. The summed E-state index contributed by atoms with van der Waals surface area (Å²) in [6, 6.07) is 17.3. The molecule has 0 saturated heterocycles. The SMILES string of the molecule is C1=CN2CCCCN3C=CC(=NCCCCN=C1c1ccccc12)c1ccccc13. The first-order valence-corrected chi connectivity index (χ1v) is 11.1. The molecule has 4 nitrogen and oxygen atoms in total. The minimum Gasteiger partial charge on any atom is -0.347 e. The van der Waals surface area contributed by atoms with E-state index in [2.05, 4.69) is 82.9 Å². The molecule has 0 unspecified atom stereocenters. The van der Waals surface area contributed by atoms with Crippen molar-refractivity contribution in [2.45, 2.75) is 25.7 Å². The predicted octanol–water partition coefficient (Wildman–Crippen LogP) is 5.21. The normalized spacial score (nSPS) is 18.9. The van der Waals surface area contributed by atoms with Crippen molar-refractivity contribution in [3.05, 3.63) is 84.2 Å². The van der Waals surface area contributed by atoms with Crippen molar-refractivity contribution >= 4 is 22.8 Å². The molecule has 0 N–H and O–H groups in total. The summed E-state index contributed by atoms with van der Waals surface area (Å²) < 4.78 is 0. The molecule has 0 atom stereocenters. The van der Waals surface area contributed by atoms with E-state index >= 15 is 0 Å². The minimum atomic E-state index is 0.846. The van der Waals surface area contributed by atoms with E-state index in [1.54, 1.807) is 0 Å². The van der Waals surface area contributed by atoms with Crippen molar-refractivity contribution in [1.82, 2.24) is 0 Å². The highest BCUT2D eigenvalue weighted by Crippen LogP contribution is 2.28. The van der Waals surface area contributed by atoms with Gasteiger partial charge in [-0.1, -0.05) is 36.4 Å². The van der Waals surface area contributed by atoms with E-state index in [1.165, 1.54) is 22.5 Å². The lowest BCUT2D eigenvalue weighted by atomic mass is 10.0. The van der Waals surface area contributed by atoms with E-state index in [-0.39, 0.29) is 0 Å². The third kappa shape index (κ3) is 3.82. The number of benzene rings is 2. The number of aliphatic imine (C=N–C) groups is 2. The quantitative estimate of drug-likeness (QED) is 0.612. The Balaban J connectivity index is 1.41. The fourth-order valence-electron chi connectivity index (χ4n) is 4.40. The highest BCUT2D eigenvalue weighted by atomic mass is 15.1. The average molecular weight is 397 g/mol. The second kappa shape index (κ2) is 8.70. The summed E-state index contributed by atoms with van der Waals surface area (Å²) in [6.45, 7) is 3.73. The van der Waals surface area contributed by atoms with E-state index in [0.29, 0.717) is 0 Å². The van der Waals surface area contributed by atoms with Crippen LogP contribution < -0.4 is 9.80 Å². The molecule has 2 aromatic carbocycles. The van der Waals surface area contributed by atoms with Gasteiger partial charge in [0.05, 0.1) is 22.8 Å². The highest BCUT2D eigenvalue weighted by Gasteiger charge is 2.18. The summed E-state index contributed by atoms with van der Waals surface area (Å²) in [5.41, 5.74) is 7.27. The Hall–Kier alpha value is -3.14. The summed E-state index contributed by atoms with van der Waals surface area (Å²) in [6.07, 6.45) is 13.1. The molecule has 152 valence electrons. The molecule has 4 heteroatoms. The van der Waals surface area contributed by atoms with E-state index in [9.17, 15) is 0 Å². The Morgan fingerprint density at radius 2 is 1.03 bits per heavy atom. The van der Waals surface area contributed by atoms with Crippen LogP contribution in [0.5, 0.6) is 0 Å². The fourth-order valence-corrected chi connectivity index (χ4v) is 4.40. The van der Waals surface area contributed by atoms with Gasteiger partial charge >= 0.3 is 0 Å². The van der Waals surface area contributed by atoms with Gasteiger partial charge in [-0.25, -0.2) is 0 Å². The van der Waals surface area contributed by atoms with Crippen LogP contribution in [0.25, 0.3) is 0 Å². The maximum absolute atomic E-state index is 4.90. The van der Waals surface area contributed by atoms with Crippen LogP contribution in [-0.2, 0) is 0 Å². The lowest BCUT2D eigenvalue weighted by molar-refractivity contribution is 0.723. The lowest BCUT2D eigenvalue weighted by Crippen LogP contribution is -2.27. The molecule has 0 amide bonds. The largest absolute Gasteiger partial charge is 0.347 e. The van der Waals surface area contributed by atoms with Crippen LogP contribution >= 0.6 is 0 Å². The number of fused-ring (bicyclic) bond motifs is 9. The number of allylic oxidation sites excluding steroid dienone is 2. The molecule has 2 aromatic rings. The molecule has 0 aliphatic carbocycles. The minimum absolute atomic E-state index is 0.846. The first-order valence-electron chi connectivity index (χ1n) is 11.1. The number of hydrogen-bond donors (Lipinski definition) is 0. The zero-order chi connectivity index (χ0) is 20.2. The summed E-state index contributed by atoms with van der Waals surface area (Å²) in [7, 11) is 0. The van der Waals surface area contributed by atoms with Gasteiger partial charge in [0.25, 0.3) is 0 Å². The maximum Gasteiger partial charge on any atom is 0.0682 e. The molecule has 0 spiro atoms. The number of rotatable bonds is 0. The molecule has 30 heavy (non-hydrogen) atoms. The zero-order valence-corrected chi connectivity index (χ0v) is 17.4. The lowest BCUT2D eigenvalue weighted by Gasteiger charge is -2.29. The Morgan fingerprint density at radius 3 is 1.53 bits per heavy atom. The Labute approximate surface area is 179 Å². The standard InChI is InChI=1S/C26H28N4/c1-3-11-25-21(9-1)23-13-19-29(25)17-7-8-18-30-20-14-24(28-16-6-5-15-27-23)22-10-2-4-12-26(22)30/h1-4,9-14,19-20H,5-8,15-18H2. The monoisotopic (exact) mass is 396 g/mol. The fraction of sp³-hybridized carbons (Fsp3) is 0.308. The van der Waals surface area contributed by atoms with Gasteiger partial charge in [0.1, 0.15) is 0 Å². The van der Waals surface area contributed by atoms with E-state index in [4.69, 9.17) is 9.98 Å². The van der Waals surface area contributed by atoms with E-state index in [0.717, 1.165) is 63.3 Å². The van der Waals surface area contributed by atoms with Gasteiger partial charge in [0.2, 0.25) is 0 Å². The van der Waals surface area contributed by atoms with Gasteiger partial charge in [-0.2, -0.15) is 0 Å². The van der Waals surface area contributed by atoms with Crippen LogP contribution in [-0.4, -0.2) is 37.6 Å². The molecule has 0 aromatic heterocycles. The van der Waals surface area contributed by atoms with Crippen LogP contribution in [0.2, 0.25) is 0 Å². The molecule has 0 saturated carbocycles. The highest BCUT2D eigenvalue weighted by molar-refractivity contribution is 6.14. The molecule has 4 heterocycles. The predicted molar refractivity (Wildman–Crippen MR) is 127 cm³/mol. The molecular weight excluding hydrogens is 368 g/mol. The summed E-state index contributed by atoms with van der Waals surface area (Å²) in [5, 5.41) is 0. The van der Waals surface area contributed by atoms with Gasteiger partial charge in [0, 0.05) is 49.7 Å². The third-order valence-corrected chi connectivity index (χ3v) is 5.98. The van der Waals surface area contributed by atoms with E-state index < -0.39 is 0 Å². The maximum atomic E-state index is 4.90. The van der Waals surface area contributed by atoms with E-state index in [1.807, 2.05) is 0 Å². The van der Waals surface area contributed by atoms with Crippen LogP contribution in [0.3, 0.4) is 0 Å². The molecular formula is C26H28N4. The van der Waals surface area contributed by atoms with Crippen molar-refractivity contribution in [3.8, 4) is 0 Å². The Kier molecular flexibility index (Phi) is 5.47. The van der Waals surface area contributed by atoms with Gasteiger partial charge in [-0.3, -0.25) is 9.98 Å². The van der Waals surface area contributed by atoms with Gasteiger partial charge < -0.3 is 9.80 Å². The first kappa shape index (κ1) is 18.9. The molecule has 4 aliphatic heterocycles. The third-order valence-electron chi connectivity index (χ3n) is 5.98. The average Bonchev–Trinajstić information content (AvgIpc) is 2.80. The molecule has 6 rings (SSSR count). The van der Waals surface area contributed by atoms with Crippen LogP contribution in [0.15, 0.2) is 83.1 Å². The number of anilines is 2. The molecule has 0 fully saturated rings. The van der Waals surface area contributed by atoms with Crippen molar-refractivity contribution in [2.24, 2.45) is 9.98 Å². The van der Waals surface area contributed by atoms with Gasteiger partial charge in [-0.05, 0) is 50.0 Å². The van der Waals surface area contributed by atoms with Crippen LogP contribution in [0.4, 0.5) is 11.4 Å². The summed E-state index contributed by atoms with van der Waals surface area (Å²) >= 11 is 0. The second-order valence-corrected chi connectivity index (χ2v) is 8.00. The van der Waals surface area contributed by atoms with Crippen molar-refractivity contribution in [2.75, 3.05) is 36.0 Å². The number of para-hydroxylation sites is 2. The Morgan fingerprint density at radius 1 is 0.567 bits per heavy atom. The summed E-state index contributed by atoms with van der Waals surface area (Å²) in [5.74, 6) is 0. The van der Waals surface area contributed by atoms with Crippen LogP contribution in [0.1, 0.15) is 36.8 Å². The van der Waals surface area contributed by atoms with Crippen molar-refractivity contribution in [3.63, 3.8) is 0 Å². The van der Waals surface area contributed by atoms with Gasteiger partial charge in [-0.15, -0.1) is 0 Å². The zero-order valence-electron chi connectivity index (χ0n) is 17.4. The van der Waals surface area contributed by atoms with Crippen LogP contribution in [0, 0.1) is 0 Å². The smallest absolute Gasteiger partial charge is 0.0682 e. The number of hydrogen-bond acceptors (Lipinski definition) is 4. The molecule has 4 bridgehead atoms. The molecule has 4 aliphatic rings. The van der Waals surface area contributed by atoms with Crippen molar-refractivity contribution in [1.29, 1.82) is 0 Å². The second-order valence-electron chi connectivity index (χ2n) is 8.00. The molecule has 0 radical (unpaired) electrons. The first-order chi connectivity index (χ1) is 14.9. The summed E-state index contributed by atoms with van der Waals surface area (Å²) in [4.78, 5) is 14.6. The van der Waals surface area contributed by atoms with Gasteiger partial charge in [0.15, 0.2) is 0 Å². The topological polar surface area (TPSA) is 31.2 Å².